The Bertz CT molecular complexity index is 919. The average molecular weight is 323 g/mol. The molecule has 0 spiro atoms. The fourth-order valence-electron chi connectivity index (χ4n) is 2.64. The Labute approximate surface area is 138 Å². The Hall–Kier alpha value is -3.15. The number of primary amides is 1. The highest BCUT2D eigenvalue weighted by molar-refractivity contribution is 5.97. The maximum Gasteiger partial charge on any atom is 0.248 e. The van der Waals surface area contributed by atoms with Crippen LogP contribution in [0.3, 0.4) is 0 Å². The van der Waals surface area contributed by atoms with Crippen LogP contribution in [0.15, 0.2) is 54.6 Å². The van der Waals surface area contributed by atoms with E-state index < -0.39 is 11.8 Å². The van der Waals surface area contributed by atoms with Gasteiger partial charge in [-0.3, -0.25) is 14.2 Å². The van der Waals surface area contributed by atoms with Gasteiger partial charge in [-0.2, -0.15) is 0 Å². The Kier molecular flexibility index (Phi) is 4.04. The number of aromatic nitrogens is 2. The molecule has 1 unspecified atom stereocenters. The highest BCUT2D eigenvalue weighted by Gasteiger charge is 2.19. The molecule has 1 aliphatic carbocycles. The van der Waals surface area contributed by atoms with Crippen molar-refractivity contribution in [1.82, 2.24) is 9.55 Å². The predicted molar refractivity (Wildman–Crippen MR) is 91.2 cm³/mol. The van der Waals surface area contributed by atoms with Gasteiger partial charge in [0.25, 0.3) is 0 Å². The zero-order chi connectivity index (χ0) is 17.3. The number of imidazole rings is 1. The molecular weight excluding hydrogens is 306 g/mol. The molecule has 24 heavy (non-hydrogen) atoms. The van der Waals surface area contributed by atoms with Crippen LogP contribution in [0.5, 0.6) is 0 Å². The molecule has 6 heteroatoms. The Morgan fingerprint density at radius 2 is 2.12 bits per heavy atom. The molecule has 1 atom stereocenters. The van der Waals surface area contributed by atoms with E-state index in [4.69, 9.17) is 5.73 Å². The number of nitrogens with two attached hydrogens (primary N) is 1. The molecule has 3 N–H and O–H groups in total. The molecule has 1 aromatic carbocycles. The molecule has 1 aromatic heterocycles. The van der Waals surface area contributed by atoms with Crippen LogP contribution >= 0.6 is 0 Å². The number of amides is 1. The second-order valence-corrected chi connectivity index (χ2v) is 5.52. The van der Waals surface area contributed by atoms with Crippen LogP contribution in [0.2, 0.25) is 0 Å². The summed E-state index contributed by atoms with van der Waals surface area (Å²) in [7, 11) is 0. The minimum atomic E-state index is -0.639. The Morgan fingerprint density at radius 3 is 2.83 bits per heavy atom. The van der Waals surface area contributed by atoms with Crippen LogP contribution in [-0.4, -0.2) is 26.3 Å². The smallest absolute Gasteiger partial charge is 0.248 e. The summed E-state index contributed by atoms with van der Waals surface area (Å²) in [5, 5.41) is 10.1. The highest BCUT2D eigenvalue weighted by atomic mass is 16.3. The Balaban J connectivity index is 2.06. The van der Waals surface area contributed by atoms with E-state index in [0.717, 1.165) is 11.2 Å². The molecule has 0 bridgehead atoms. The molecule has 0 saturated carbocycles. The number of fused-ring (bicyclic) bond motifs is 1. The lowest BCUT2D eigenvalue weighted by atomic mass is 10.00. The van der Waals surface area contributed by atoms with Gasteiger partial charge < -0.3 is 10.8 Å². The van der Waals surface area contributed by atoms with Crippen molar-refractivity contribution in [3.8, 4) is 0 Å². The fraction of sp³-hybridized carbons (Fsp3) is 0.167. The molecule has 3 rings (SSSR count). The lowest BCUT2D eigenvalue weighted by Crippen LogP contribution is -2.13. The van der Waals surface area contributed by atoms with Crippen molar-refractivity contribution in [2.75, 3.05) is 0 Å². The van der Waals surface area contributed by atoms with Gasteiger partial charge in [-0.1, -0.05) is 13.0 Å². The molecule has 2 aromatic rings. The Morgan fingerprint density at radius 1 is 1.33 bits per heavy atom. The molecule has 6 nitrogen and oxygen atoms in total. The van der Waals surface area contributed by atoms with Crippen LogP contribution in [0.4, 0.5) is 0 Å². The molecule has 0 aliphatic heterocycles. The van der Waals surface area contributed by atoms with Gasteiger partial charge in [0.2, 0.25) is 5.91 Å². The largest absolute Gasteiger partial charge is 0.511 e. The minimum Gasteiger partial charge on any atom is -0.511 e. The number of allylic oxidation sites excluding steroid dienone is 5. The summed E-state index contributed by atoms with van der Waals surface area (Å²) in [6.45, 7) is 1.76. The summed E-state index contributed by atoms with van der Waals surface area (Å²) in [5.41, 5.74) is 7.88. The zero-order valence-electron chi connectivity index (χ0n) is 13.1. The third-order valence-corrected chi connectivity index (χ3v) is 4.01. The molecule has 1 heterocycles. The SMILES string of the molecule is CCC(=O)C1C=CC(n2cnc3ccc(C(N)=O)cc32)=CC=C1O. The zero-order valence-corrected chi connectivity index (χ0v) is 13.1. The van der Waals surface area contributed by atoms with Gasteiger partial charge in [0.05, 0.1) is 17.0 Å². The van der Waals surface area contributed by atoms with Crippen LogP contribution < -0.4 is 5.73 Å². The number of benzene rings is 1. The number of nitrogens with zero attached hydrogens (tertiary/aromatic N) is 2. The van der Waals surface area contributed by atoms with Crippen molar-refractivity contribution >= 4 is 28.4 Å². The van der Waals surface area contributed by atoms with E-state index >= 15 is 0 Å². The van der Waals surface area contributed by atoms with Gasteiger partial charge in [0, 0.05) is 17.7 Å². The molecular formula is C18H17N3O3. The van der Waals surface area contributed by atoms with E-state index in [0.29, 0.717) is 17.5 Å². The van der Waals surface area contributed by atoms with Crippen molar-refractivity contribution in [1.29, 1.82) is 0 Å². The van der Waals surface area contributed by atoms with E-state index in [-0.39, 0.29) is 11.5 Å². The summed E-state index contributed by atoms with van der Waals surface area (Å²) >= 11 is 0. The van der Waals surface area contributed by atoms with Gasteiger partial charge in [-0.25, -0.2) is 4.98 Å². The first-order valence-corrected chi connectivity index (χ1v) is 7.60. The molecule has 122 valence electrons. The third-order valence-electron chi connectivity index (χ3n) is 4.01. The first-order valence-electron chi connectivity index (χ1n) is 7.60. The van der Waals surface area contributed by atoms with Crippen molar-refractivity contribution in [3.05, 3.63) is 60.2 Å². The van der Waals surface area contributed by atoms with E-state index in [2.05, 4.69) is 4.98 Å². The standard InChI is InChI=1S/C18H17N3O3/c1-2-16(22)13-6-4-12(5-8-17(13)23)21-10-20-14-7-3-11(18(19)24)9-15(14)21/h3-10,13,23H,2H2,1H3,(H2,19,24). The van der Waals surface area contributed by atoms with Gasteiger partial charge in [-0.15, -0.1) is 0 Å². The number of Topliss-reactive ketones (excluding diaryl/α,β-unsaturated/α-hetero) is 1. The van der Waals surface area contributed by atoms with E-state index in [1.807, 2.05) is 0 Å². The monoisotopic (exact) mass is 323 g/mol. The van der Waals surface area contributed by atoms with Gasteiger partial charge >= 0.3 is 0 Å². The number of carbonyl (C=O) groups is 2. The number of hydrogen-bond acceptors (Lipinski definition) is 4. The van der Waals surface area contributed by atoms with Gasteiger partial charge in [0.1, 0.15) is 17.9 Å². The summed E-state index contributed by atoms with van der Waals surface area (Å²) in [5.74, 6) is -1.20. The molecule has 0 radical (unpaired) electrons. The van der Waals surface area contributed by atoms with Crippen LogP contribution in [-0.2, 0) is 4.79 Å². The first-order chi connectivity index (χ1) is 11.5. The number of rotatable bonds is 4. The van der Waals surface area contributed by atoms with E-state index in [1.165, 1.54) is 6.08 Å². The maximum absolute atomic E-state index is 11.9. The first kappa shape index (κ1) is 15.7. The van der Waals surface area contributed by atoms with E-state index in [1.54, 1.807) is 54.2 Å². The number of aliphatic hydroxyl groups is 1. The maximum atomic E-state index is 11.9. The highest BCUT2D eigenvalue weighted by Crippen LogP contribution is 2.24. The molecule has 0 saturated heterocycles. The summed E-state index contributed by atoms with van der Waals surface area (Å²) < 4.78 is 1.78. The summed E-state index contributed by atoms with van der Waals surface area (Å²) in [6, 6.07) is 5.02. The quantitative estimate of drug-likeness (QED) is 0.903. The van der Waals surface area contributed by atoms with Crippen LogP contribution in [0, 0.1) is 5.92 Å². The average Bonchev–Trinajstić information content (AvgIpc) is 2.90. The summed E-state index contributed by atoms with van der Waals surface area (Å²) in [4.78, 5) is 27.6. The third kappa shape index (κ3) is 2.74. The second kappa shape index (κ2) is 6.16. The molecule has 1 amide bonds. The topological polar surface area (TPSA) is 98.2 Å². The van der Waals surface area contributed by atoms with Gasteiger partial charge in [0.15, 0.2) is 0 Å². The lowest BCUT2D eigenvalue weighted by molar-refractivity contribution is -0.120. The van der Waals surface area contributed by atoms with Crippen molar-refractivity contribution in [2.45, 2.75) is 13.3 Å². The second-order valence-electron chi connectivity index (χ2n) is 5.52. The lowest BCUT2D eigenvalue weighted by Gasteiger charge is -2.08. The molecule has 0 fully saturated rings. The van der Waals surface area contributed by atoms with Crippen LogP contribution in [0.25, 0.3) is 16.7 Å². The van der Waals surface area contributed by atoms with Gasteiger partial charge in [-0.05, 0) is 36.4 Å². The normalized spacial score (nSPS) is 17.3. The van der Waals surface area contributed by atoms with Crippen molar-refractivity contribution in [2.24, 2.45) is 11.7 Å². The molecule has 1 aliphatic rings. The fourth-order valence-corrected chi connectivity index (χ4v) is 2.64. The predicted octanol–water partition coefficient (Wildman–Crippen LogP) is 2.58. The van der Waals surface area contributed by atoms with Crippen molar-refractivity contribution < 1.29 is 14.7 Å². The summed E-state index contributed by atoms with van der Waals surface area (Å²) in [6.07, 6.45) is 8.61. The number of carbonyl (C=O) groups excluding carboxylic acids is 2. The number of hydrogen-bond donors (Lipinski definition) is 2. The van der Waals surface area contributed by atoms with Crippen molar-refractivity contribution in [3.63, 3.8) is 0 Å². The van der Waals surface area contributed by atoms with E-state index in [9.17, 15) is 14.7 Å². The number of ketones is 1. The number of aliphatic hydroxyl groups excluding tert-OH is 1. The minimum absolute atomic E-state index is 0.00958. The van der Waals surface area contributed by atoms with Crippen LogP contribution in [0.1, 0.15) is 23.7 Å².